The Bertz CT molecular complexity index is 258. The molecule has 0 amide bonds. The molecule has 0 saturated heterocycles. The Hall–Kier alpha value is -1.31. The molecule has 2 heteroatoms. The van der Waals surface area contributed by atoms with Crippen LogP contribution in [0.25, 0.3) is 0 Å². The fraction of sp³-hybridized carbons (Fsp3) is 0.222. The van der Waals surface area contributed by atoms with Gasteiger partial charge in [-0.05, 0) is 0 Å². The summed E-state index contributed by atoms with van der Waals surface area (Å²) in [5.74, 6) is 1.60. The molecule has 0 atom stereocenters. The summed E-state index contributed by atoms with van der Waals surface area (Å²) >= 11 is 0. The topological polar surface area (TPSA) is 28.7 Å². The number of hydrogen-bond donors (Lipinski definition) is 1. The monoisotopic (exact) mass is 146 g/mol. The summed E-state index contributed by atoms with van der Waals surface area (Å²) in [5.41, 5.74) is 0. The summed E-state index contributed by atoms with van der Waals surface area (Å²) in [7, 11) is 0. The van der Waals surface area contributed by atoms with Gasteiger partial charge in [0.15, 0.2) is 0 Å². The van der Waals surface area contributed by atoms with Crippen LogP contribution in [0, 0.1) is 5.92 Å². The van der Waals surface area contributed by atoms with E-state index in [-0.39, 0.29) is 0 Å². The number of hydrogen-bond acceptors (Lipinski definition) is 1. The highest BCUT2D eigenvalue weighted by atomic mass is 14.9. The van der Waals surface area contributed by atoms with Crippen molar-refractivity contribution in [1.29, 1.82) is 0 Å². The number of aromatic nitrogens is 2. The Morgan fingerprint density at radius 1 is 1.36 bits per heavy atom. The van der Waals surface area contributed by atoms with Gasteiger partial charge in [-0.3, -0.25) is 0 Å². The minimum absolute atomic E-state index is 0.543. The number of H-pyrrole nitrogens is 1. The van der Waals surface area contributed by atoms with Crippen molar-refractivity contribution in [1.82, 2.24) is 9.97 Å². The van der Waals surface area contributed by atoms with Crippen LogP contribution in [-0.4, -0.2) is 9.97 Å². The first-order valence-electron chi connectivity index (χ1n) is 3.78. The highest BCUT2D eigenvalue weighted by molar-refractivity contribution is 5.18. The molecule has 1 aromatic heterocycles. The quantitative estimate of drug-likeness (QED) is 0.675. The third-order valence-electron chi connectivity index (χ3n) is 1.81. The van der Waals surface area contributed by atoms with Crippen LogP contribution in [0.5, 0.6) is 0 Å². The normalized spacial score (nSPS) is 16.4. The van der Waals surface area contributed by atoms with Crippen molar-refractivity contribution < 1.29 is 0 Å². The number of allylic oxidation sites excluding steroid dienone is 4. The molecule has 1 aromatic rings. The molecule has 1 heterocycles. The molecule has 0 spiro atoms. The molecular weight excluding hydrogens is 136 g/mol. The second-order valence-corrected chi connectivity index (χ2v) is 2.67. The zero-order chi connectivity index (χ0) is 7.52. The Morgan fingerprint density at radius 2 is 2.18 bits per heavy atom. The number of nitrogens with zero attached hydrogens (tertiary/aromatic N) is 1. The first-order chi connectivity index (χ1) is 5.45. The van der Waals surface area contributed by atoms with Gasteiger partial charge in [-0.1, -0.05) is 24.3 Å². The van der Waals surface area contributed by atoms with E-state index in [0.29, 0.717) is 5.92 Å². The van der Waals surface area contributed by atoms with Crippen LogP contribution in [0.4, 0.5) is 0 Å². The molecule has 1 aliphatic carbocycles. The molecule has 0 aliphatic heterocycles. The lowest BCUT2D eigenvalue weighted by Gasteiger charge is -1.99. The van der Waals surface area contributed by atoms with E-state index in [4.69, 9.17) is 0 Å². The van der Waals surface area contributed by atoms with Crippen molar-refractivity contribution in [3.8, 4) is 0 Å². The summed E-state index contributed by atoms with van der Waals surface area (Å²) in [5, 5.41) is 0. The van der Waals surface area contributed by atoms with E-state index >= 15 is 0 Å². The maximum absolute atomic E-state index is 4.16. The lowest BCUT2D eigenvalue weighted by Crippen LogP contribution is -1.97. The predicted molar refractivity (Wildman–Crippen MR) is 44.1 cm³/mol. The summed E-state index contributed by atoms with van der Waals surface area (Å²) in [6.45, 7) is 0. The molecule has 0 fully saturated rings. The van der Waals surface area contributed by atoms with Crippen molar-refractivity contribution >= 4 is 0 Å². The van der Waals surface area contributed by atoms with Crippen LogP contribution in [0.1, 0.15) is 5.82 Å². The van der Waals surface area contributed by atoms with Crippen molar-refractivity contribution in [3.05, 3.63) is 42.5 Å². The Kier molecular flexibility index (Phi) is 1.60. The van der Waals surface area contributed by atoms with Gasteiger partial charge in [0.2, 0.25) is 0 Å². The standard InChI is InChI=1S/C9H10N2/c1-2-4-8(3-1)7-9-10-5-6-11-9/h1-6,8H,7H2,(H,10,11). The molecule has 0 bridgehead atoms. The van der Waals surface area contributed by atoms with E-state index in [1.165, 1.54) is 0 Å². The van der Waals surface area contributed by atoms with E-state index in [9.17, 15) is 0 Å². The Balaban J connectivity index is 2.01. The molecule has 1 aliphatic rings. The van der Waals surface area contributed by atoms with Gasteiger partial charge in [0.05, 0.1) is 0 Å². The van der Waals surface area contributed by atoms with Gasteiger partial charge < -0.3 is 4.98 Å². The minimum atomic E-state index is 0.543. The summed E-state index contributed by atoms with van der Waals surface area (Å²) < 4.78 is 0. The Morgan fingerprint density at radius 3 is 2.82 bits per heavy atom. The van der Waals surface area contributed by atoms with Crippen LogP contribution >= 0.6 is 0 Å². The highest BCUT2D eigenvalue weighted by Gasteiger charge is 2.05. The smallest absolute Gasteiger partial charge is 0.106 e. The van der Waals surface area contributed by atoms with Gasteiger partial charge >= 0.3 is 0 Å². The third-order valence-corrected chi connectivity index (χ3v) is 1.81. The van der Waals surface area contributed by atoms with Gasteiger partial charge in [-0.2, -0.15) is 0 Å². The number of aromatic amines is 1. The zero-order valence-electron chi connectivity index (χ0n) is 6.20. The maximum Gasteiger partial charge on any atom is 0.106 e. The van der Waals surface area contributed by atoms with E-state index in [0.717, 1.165) is 12.2 Å². The van der Waals surface area contributed by atoms with Crippen LogP contribution in [0.3, 0.4) is 0 Å². The third kappa shape index (κ3) is 1.40. The van der Waals surface area contributed by atoms with Crippen molar-refractivity contribution in [3.63, 3.8) is 0 Å². The molecule has 0 saturated carbocycles. The van der Waals surface area contributed by atoms with Crippen LogP contribution in [-0.2, 0) is 6.42 Å². The van der Waals surface area contributed by atoms with E-state index < -0.39 is 0 Å². The van der Waals surface area contributed by atoms with Gasteiger partial charge in [0.25, 0.3) is 0 Å². The molecule has 2 rings (SSSR count). The molecule has 0 aromatic carbocycles. The first-order valence-corrected chi connectivity index (χ1v) is 3.78. The zero-order valence-corrected chi connectivity index (χ0v) is 6.20. The van der Waals surface area contributed by atoms with Gasteiger partial charge in [-0.25, -0.2) is 4.98 Å². The molecule has 0 radical (unpaired) electrons. The molecular formula is C9H10N2. The van der Waals surface area contributed by atoms with Gasteiger partial charge in [-0.15, -0.1) is 0 Å². The fourth-order valence-electron chi connectivity index (χ4n) is 1.25. The second-order valence-electron chi connectivity index (χ2n) is 2.67. The lowest BCUT2D eigenvalue weighted by atomic mass is 10.1. The van der Waals surface area contributed by atoms with E-state index in [1.54, 1.807) is 6.20 Å². The number of rotatable bonds is 2. The molecule has 0 unspecified atom stereocenters. The minimum Gasteiger partial charge on any atom is -0.349 e. The second kappa shape index (κ2) is 2.74. The fourth-order valence-corrected chi connectivity index (χ4v) is 1.25. The summed E-state index contributed by atoms with van der Waals surface area (Å²) in [4.78, 5) is 7.24. The number of imidazole rings is 1. The Labute approximate surface area is 65.7 Å². The van der Waals surface area contributed by atoms with Crippen molar-refractivity contribution in [2.24, 2.45) is 5.92 Å². The van der Waals surface area contributed by atoms with Crippen LogP contribution < -0.4 is 0 Å². The molecule has 56 valence electrons. The molecule has 2 nitrogen and oxygen atoms in total. The SMILES string of the molecule is C1=CC(Cc2ncc[nH]2)C=C1. The summed E-state index contributed by atoms with van der Waals surface area (Å²) in [6, 6.07) is 0. The molecule has 11 heavy (non-hydrogen) atoms. The van der Waals surface area contributed by atoms with E-state index in [2.05, 4.69) is 34.3 Å². The first kappa shape index (κ1) is 6.40. The lowest BCUT2D eigenvalue weighted by molar-refractivity contribution is 0.771. The highest BCUT2D eigenvalue weighted by Crippen LogP contribution is 2.12. The summed E-state index contributed by atoms with van der Waals surface area (Å²) in [6.07, 6.45) is 13.2. The van der Waals surface area contributed by atoms with Gasteiger partial charge in [0, 0.05) is 24.7 Å². The average Bonchev–Trinajstić information content (AvgIpc) is 2.60. The number of nitrogens with one attached hydrogen (secondary N) is 1. The predicted octanol–water partition coefficient (Wildman–Crippen LogP) is 1.69. The van der Waals surface area contributed by atoms with E-state index in [1.807, 2.05) is 6.20 Å². The average molecular weight is 146 g/mol. The van der Waals surface area contributed by atoms with Crippen LogP contribution in [0.2, 0.25) is 0 Å². The molecule has 1 N–H and O–H groups in total. The maximum atomic E-state index is 4.16. The van der Waals surface area contributed by atoms with Crippen molar-refractivity contribution in [2.75, 3.05) is 0 Å². The largest absolute Gasteiger partial charge is 0.349 e. The van der Waals surface area contributed by atoms with Crippen LogP contribution in [0.15, 0.2) is 36.7 Å². The van der Waals surface area contributed by atoms with Gasteiger partial charge in [0.1, 0.15) is 5.82 Å². The van der Waals surface area contributed by atoms with Crippen molar-refractivity contribution in [2.45, 2.75) is 6.42 Å².